The normalized spacial score (nSPS) is 22.4. The van der Waals surface area contributed by atoms with Crippen molar-refractivity contribution in [3.05, 3.63) is 52.2 Å². The van der Waals surface area contributed by atoms with Gasteiger partial charge in [0.1, 0.15) is 11.6 Å². The number of amides is 2. The number of hydrogen-bond donors (Lipinski definition) is 0. The maximum Gasteiger partial charge on any atom is 0.278 e. The van der Waals surface area contributed by atoms with Gasteiger partial charge in [0.05, 0.1) is 10.6 Å². The van der Waals surface area contributed by atoms with Crippen molar-refractivity contribution in [2.24, 2.45) is 11.1 Å². The minimum Gasteiger partial charge on any atom is -0.381 e. The first kappa shape index (κ1) is 14.8. The molecular weight excluding hydrogens is 328 g/mol. The maximum atomic E-state index is 12.8. The molecule has 1 fully saturated rings. The zero-order chi connectivity index (χ0) is 16.8. The van der Waals surface area contributed by atoms with Gasteiger partial charge in [0.25, 0.3) is 5.91 Å². The molecule has 0 radical (unpaired) electrons. The van der Waals surface area contributed by atoms with E-state index in [0.717, 1.165) is 10.5 Å². The summed E-state index contributed by atoms with van der Waals surface area (Å²) in [5.41, 5.74) is 1.48. The number of Topliss-reactive ketones (excluding diaryl/α,β-unsaturated/α-hetero) is 1. The van der Waals surface area contributed by atoms with Crippen molar-refractivity contribution >= 4 is 40.3 Å². The van der Waals surface area contributed by atoms with Gasteiger partial charge in [0.2, 0.25) is 17.8 Å². The number of ketones is 1. The maximum absolute atomic E-state index is 12.8. The first-order chi connectivity index (χ1) is 11.6. The molecule has 4 rings (SSSR count). The summed E-state index contributed by atoms with van der Waals surface area (Å²) >= 11 is 1.26. The van der Waals surface area contributed by atoms with E-state index in [1.807, 2.05) is 19.1 Å². The molecule has 0 N–H and O–H groups in total. The van der Waals surface area contributed by atoms with Gasteiger partial charge < -0.3 is 4.84 Å². The average molecular weight is 340 g/mol. The van der Waals surface area contributed by atoms with Crippen LogP contribution in [0, 0.1) is 12.8 Å². The second-order valence-corrected chi connectivity index (χ2v) is 6.58. The van der Waals surface area contributed by atoms with Gasteiger partial charge in [-0.15, -0.1) is 11.3 Å². The van der Waals surface area contributed by atoms with Crippen molar-refractivity contribution in [2.45, 2.75) is 13.0 Å². The molecule has 2 aromatic rings. The Bertz CT molecular complexity index is 871. The fourth-order valence-electron chi connectivity index (χ4n) is 2.85. The Labute approximate surface area is 141 Å². The van der Waals surface area contributed by atoms with Crippen LogP contribution < -0.4 is 4.90 Å². The molecule has 2 aliphatic heterocycles. The van der Waals surface area contributed by atoms with Crippen LogP contribution in [-0.4, -0.2) is 29.4 Å². The molecule has 24 heavy (non-hydrogen) atoms. The van der Waals surface area contributed by atoms with Crippen LogP contribution in [0.4, 0.5) is 5.69 Å². The third-order valence-electron chi connectivity index (χ3n) is 4.08. The van der Waals surface area contributed by atoms with Crippen molar-refractivity contribution in [2.75, 3.05) is 4.90 Å². The van der Waals surface area contributed by atoms with Gasteiger partial charge in [-0.2, -0.15) is 0 Å². The standard InChI is InChI=1S/C17H12N2O4S/c1-9-4-6-10(7-5-9)19-16(21)12-13(18-23-15(12)17(19)22)14(20)11-3-2-8-24-11/h2-8,12,15H,1H3/t12-,15-/m0/s1. The smallest absolute Gasteiger partial charge is 0.278 e. The number of benzene rings is 1. The molecule has 7 heteroatoms. The number of carbonyl (C=O) groups is 3. The van der Waals surface area contributed by atoms with Gasteiger partial charge in [-0.3, -0.25) is 14.4 Å². The van der Waals surface area contributed by atoms with E-state index in [0.29, 0.717) is 10.6 Å². The molecule has 1 aromatic heterocycles. The summed E-state index contributed by atoms with van der Waals surface area (Å²) in [5.74, 6) is -2.32. The van der Waals surface area contributed by atoms with Crippen LogP contribution >= 0.6 is 11.3 Å². The molecule has 3 heterocycles. The lowest BCUT2D eigenvalue weighted by atomic mass is 9.96. The molecule has 0 spiro atoms. The lowest BCUT2D eigenvalue weighted by Gasteiger charge is -2.15. The van der Waals surface area contributed by atoms with Crippen molar-refractivity contribution in [3.8, 4) is 0 Å². The minimum atomic E-state index is -1.06. The number of fused-ring (bicyclic) bond motifs is 1. The van der Waals surface area contributed by atoms with Crippen LogP contribution in [0.1, 0.15) is 15.2 Å². The van der Waals surface area contributed by atoms with Crippen molar-refractivity contribution in [1.29, 1.82) is 0 Å². The van der Waals surface area contributed by atoms with Crippen LogP contribution in [0.25, 0.3) is 0 Å². The third-order valence-corrected chi connectivity index (χ3v) is 4.95. The van der Waals surface area contributed by atoms with Crippen LogP contribution in [0.2, 0.25) is 0 Å². The van der Waals surface area contributed by atoms with E-state index < -0.39 is 23.8 Å². The quantitative estimate of drug-likeness (QED) is 0.634. The molecule has 120 valence electrons. The number of nitrogens with zero attached hydrogens (tertiary/aromatic N) is 2. The minimum absolute atomic E-state index is 0.00425. The van der Waals surface area contributed by atoms with Gasteiger partial charge in [0, 0.05) is 0 Å². The summed E-state index contributed by atoms with van der Waals surface area (Å²) in [6, 6.07) is 10.4. The highest BCUT2D eigenvalue weighted by molar-refractivity contribution is 7.13. The molecule has 0 bridgehead atoms. The van der Waals surface area contributed by atoms with E-state index in [9.17, 15) is 14.4 Å². The Balaban J connectivity index is 1.67. The average Bonchev–Trinajstić information content (AvgIpc) is 3.29. The summed E-state index contributed by atoms with van der Waals surface area (Å²) in [6.07, 6.45) is -1.06. The van der Waals surface area contributed by atoms with Gasteiger partial charge in [0.15, 0.2) is 0 Å². The first-order valence-electron chi connectivity index (χ1n) is 7.34. The number of rotatable bonds is 3. The van der Waals surface area contributed by atoms with Crippen LogP contribution in [-0.2, 0) is 14.4 Å². The van der Waals surface area contributed by atoms with Crippen LogP contribution in [0.15, 0.2) is 46.9 Å². The van der Waals surface area contributed by atoms with E-state index in [1.165, 1.54) is 11.3 Å². The summed E-state index contributed by atoms with van der Waals surface area (Å²) in [5, 5.41) is 5.49. The monoisotopic (exact) mass is 340 g/mol. The predicted octanol–water partition coefficient (Wildman–Crippen LogP) is 2.18. The summed E-state index contributed by atoms with van der Waals surface area (Å²) in [4.78, 5) is 44.5. The first-order valence-corrected chi connectivity index (χ1v) is 8.22. The Morgan fingerprint density at radius 3 is 2.58 bits per heavy atom. The fourth-order valence-corrected chi connectivity index (χ4v) is 3.52. The number of aryl methyl sites for hydroxylation is 1. The van der Waals surface area contributed by atoms with Gasteiger partial charge in [-0.25, -0.2) is 4.90 Å². The summed E-state index contributed by atoms with van der Waals surface area (Å²) in [7, 11) is 0. The number of imide groups is 1. The molecule has 1 saturated heterocycles. The fraction of sp³-hybridized carbons (Fsp3) is 0.176. The van der Waals surface area contributed by atoms with Gasteiger partial charge in [-0.1, -0.05) is 28.9 Å². The van der Waals surface area contributed by atoms with E-state index >= 15 is 0 Å². The van der Waals surface area contributed by atoms with Gasteiger partial charge in [-0.05, 0) is 30.5 Å². The van der Waals surface area contributed by atoms with E-state index in [-0.39, 0.29) is 11.5 Å². The summed E-state index contributed by atoms with van der Waals surface area (Å²) < 4.78 is 0. The number of thiophene rings is 1. The molecule has 6 nitrogen and oxygen atoms in total. The molecule has 0 aliphatic carbocycles. The Morgan fingerprint density at radius 2 is 1.92 bits per heavy atom. The van der Waals surface area contributed by atoms with Crippen molar-refractivity contribution < 1.29 is 19.2 Å². The number of anilines is 1. The highest BCUT2D eigenvalue weighted by Crippen LogP contribution is 2.34. The lowest BCUT2D eigenvalue weighted by Crippen LogP contribution is -2.34. The second kappa shape index (κ2) is 5.38. The van der Waals surface area contributed by atoms with Crippen LogP contribution in [0.5, 0.6) is 0 Å². The third kappa shape index (κ3) is 2.09. The second-order valence-electron chi connectivity index (χ2n) is 5.63. The molecule has 1 aromatic carbocycles. The van der Waals surface area contributed by atoms with Crippen LogP contribution in [0.3, 0.4) is 0 Å². The predicted molar refractivity (Wildman–Crippen MR) is 88.1 cm³/mol. The molecular formula is C17H12N2O4S. The molecule has 2 amide bonds. The summed E-state index contributed by atoms with van der Waals surface area (Å²) in [6.45, 7) is 1.92. The highest BCUT2D eigenvalue weighted by Gasteiger charge is 2.57. The molecule has 0 saturated carbocycles. The van der Waals surface area contributed by atoms with E-state index in [2.05, 4.69) is 5.16 Å². The lowest BCUT2D eigenvalue weighted by molar-refractivity contribution is -0.126. The SMILES string of the molecule is Cc1ccc(N2C(=O)[C@H]3C(C(=O)c4cccs4)=NO[C@@H]3C2=O)cc1. The molecule has 2 atom stereocenters. The molecule has 2 aliphatic rings. The van der Waals surface area contributed by atoms with E-state index in [4.69, 9.17) is 4.84 Å². The van der Waals surface area contributed by atoms with E-state index in [1.54, 1.807) is 29.6 Å². The Morgan fingerprint density at radius 1 is 1.17 bits per heavy atom. The zero-order valence-corrected chi connectivity index (χ0v) is 13.4. The topological polar surface area (TPSA) is 76.0 Å². The number of oxime groups is 1. The molecule has 0 unspecified atom stereocenters. The van der Waals surface area contributed by atoms with Crippen molar-refractivity contribution in [1.82, 2.24) is 0 Å². The largest absolute Gasteiger partial charge is 0.381 e. The van der Waals surface area contributed by atoms with Gasteiger partial charge >= 0.3 is 0 Å². The highest BCUT2D eigenvalue weighted by atomic mass is 32.1. The zero-order valence-electron chi connectivity index (χ0n) is 12.6. The number of hydrogen-bond acceptors (Lipinski definition) is 6. The van der Waals surface area contributed by atoms with Crippen molar-refractivity contribution in [3.63, 3.8) is 0 Å². The number of carbonyl (C=O) groups excluding carboxylic acids is 3. The Hall–Kier alpha value is -2.80. The Kier molecular flexibility index (Phi) is 3.31.